The Kier molecular flexibility index (Phi) is 5.76. The van der Waals surface area contributed by atoms with Gasteiger partial charge in [-0.1, -0.05) is 0 Å². The summed E-state index contributed by atoms with van der Waals surface area (Å²) in [6.45, 7) is 3.23. The average molecular weight is 348 g/mol. The number of nitrogens with zero attached hydrogens (tertiary/aromatic N) is 3. The fraction of sp³-hybridized carbons (Fsp3) is 0.529. The molecule has 0 amide bonds. The molecule has 1 saturated heterocycles. The van der Waals surface area contributed by atoms with Crippen LogP contribution in [0.4, 0.5) is 0 Å². The van der Waals surface area contributed by atoms with Gasteiger partial charge in [-0.05, 0) is 38.1 Å². The Bertz CT molecular complexity index is 690. The summed E-state index contributed by atoms with van der Waals surface area (Å²) in [6, 6.07) is 4.13. The van der Waals surface area contributed by atoms with Gasteiger partial charge < -0.3 is 20.1 Å². The van der Waals surface area contributed by atoms with E-state index in [1.807, 2.05) is 18.3 Å². The fourth-order valence-electron chi connectivity index (χ4n) is 2.90. The Morgan fingerprint density at radius 3 is 2.75 bits per heavy atom. The number of hydrogen-bond donors (Lipinski definition) is 1. The molecule has 7 heteroatoms. The molecular weight excluding hydrogens is 324 g/mol. The van der Waals surface area contributed by atoms with E-state index >= 15 is 0 Å². The SMILES string of the molecule is COc1ccc2ncc(SCCN3CCC(N)CC3)nc2c1OC. The van der Waals surface area contributed by atoms with Gasteiger partial charge in [-0.2, -0.15) is 0 Å². The molecule has 0 bridgehead atoms. The predicted octanol–water partition coefficient (Wildman–Crippen LogP) is 2.16. The molecule has 1 aromatic heterocycles. The van der Waals surface area contributed by atoms with Crippen molar-refractivity contribution in [1.82, 2.24) is 14.9 Å². The Labute approximate surface area is 146 Å². The molecule has 1 aliphatic rings. The molecular formula is C17H24N4O2S. The Balaban J connectivity index is 1.66. The molecule has 1 aliphatic heterocycles. The van der Waals surface area contributed by atoms with Crippen LogP contribution in [0.3, 0.4) is 0 Å². The standard InChI is InChI=1S/C17H24N4O2S/c1-22-14-4-3-13-16(17(14)23-2)20-15(11-19-13)24-10-9-21-7-5-12(18)6-8-21/h3-4,11-12H,5-10,18H2,1-2H3. The minimum Gasteiger partial charge on any atom is -0.493 e. The lowest BCUT2D eigenvalue weighted by Crippen LogP contribution is -2.40. The molecule has 2 heterocycles. The smallest absolute Gasteiger partial charge is 0.188 e. The van der Waals surface area contributed by atoms with E-state index in [0.717, 1.165) is 54.3 Å². The number of rotatable bonds is 6. The lowest BCUT2D eigenvalue weighted by molar-refractivity contribution is 0.225. The minimum atomic E-state index is 0.378. The van der Waals surface area contributed by atoms with E-state index in [1.165, 1.54) is 0 Å². The third kappa shape index (κ3) is 3.91. The number of nitrogens with two attached hydrogens (primary N) is 1. The molecule has 3 rings (SSSR count). The molecule has 130 valence electrons. The van der Waals surface area contributed by atoms with Gasteiger partial charge in [-0.15, -0.1) is 11.8 Å². The Morgan fingerprint density at radius 1 is 1.25 bits per heavy atom. The summed E-state index contributed by atoms with van der Waals surface area (Å²) in [5.74, 6) is 2.29. The van der Waals surface area contributed by atoms with Gasteiger partial charge in [0.15, 0.2) is 11.5 Å². The summed E-state index contributed by atoms with van der Waals surface area (Å²) in [6.07, 6.45) is 4.01. The number of ether oxygens (including phenoxy) is 2. The van der Waals surface area contributed by atoms with Crippen molar-refractivity contribution in [2.45, 2.75) is 23.9 Å². The van der Waals surface area contributed by atoms with Crippen LogP contribution in [0.15, 0.2) is 23.4 Å². The molecule has 0 radical (unpaired) electrons. The van der Waals surface area contributed by atoms with Crippen molar-refractivity contribution in [3.8, 4) is 11.5 Å². The zero-order valence-corrected chi connectivity index (χ0v) is 15.0. The van der Waals surface area contributed by atoms with Gasteiger partial charge >= 0.3 is 0 Å². The minimum absolute atomic E-state index is 0.378. The first-order chi connectivity index (χ1) is 11.7. The van der Waals surface area contributed by atoms with E-state index in [-0.39, 0.29) is 0 Å². The maximum absolute atomic E-state index is 5.95. The number of aromatic nitrogens is 2. The largest absolute Gasteiger partial charge is 0.493 e. The maximum atomic E-state index is 5.95. The van der Waals surface area contributed by atoms with E-state index in [0.29, 0.717) is 17.5 Å². The second-order valence-electron chi connectivity index (χ2n) is 5.90. The summed E-state index contributed by atoms with van der Waals surface area (Å²) in [7, 11) is 3.25. The highest BCUT2D eigenvalue weighted by molar-refractivity contribution is 7.99. The summed E-state index contributed by atoms with van der Waals surface area (Å²) >= 11 is 1.72. The zero-order valence-electron chi connectivity index (χ0n) is 14.2. The molecule has 24 heavy (non-hydrogen) atoms. The second kappa shape index (κ2) is 8.00. The summed E-state index contributed by atoms with van der Waals surface area (Å²) in [5.41, 5.74) is 7.50. The summed E-state index contributed by atoms with van der Waals surface area (Å²) in [4.78, 5) is 11.7. The van der Waals surface area contributed by atoms with Gasteiger partial charge in [-0.3, -0.25) is 4.98 Å². The highest BCUT2D eigenvalue weighted by Crippen LogP contribution is 2.34. The van der Waals surface area contributed by atoms with Crippen molar-refractivity contribution in [3.05, 3.63) is 18.3 Å². The van der Waals surface area contributed by atoms with Crippen LogP contribution < -0.4 is 15.2 Å². The molecule has 6 nitrogen and oxygen atoms in total. The van der Waals surface area contributed by atoms with Crippen molar-refractivity contribution >= 4 is 22.8 Å². The highest BCUT2D eigenvalue weighted by Gasteiger charge is 2.16. The van der Waals surface area contributed by atoms with Crippen molar-refractivity contribution in [3.63, 3.8) is 0 Å². The molecule has 1 aromatic carbocycles. The van der Waals surface area contributed by atoms with E-state index in [1.54, 1.807) is 26.0 Å². The number of fused-ring (bicyclic) bond motifs is 1. The van der Waals surface area contributed by atoms with Crippen molar-refractivity contribution < 1.29 is 9.47 Å². The Hall–Kier alpha value is -1.57. The third-order valence-corrected chi connectivity index (χ3v) is 5.20. The van der Waals surface area contributed by atoms with Gasteiger partial charge in [0.25, 0.3) is 0 Å². The lowest BCUT2D eigenvalue weighted by Gasteiger charge is -2.29. The number of piperidine rings is 1. The number of methoxy groups -OCH3 is 2. The first kappa shape index (κ1) is 17.3. The van der Waals surface area contributed by atoms with Gasteiger partial charge in [0.1, 0.15) is 10.5 Å². The van der Waals surface area contributed by atoms with Gasteiger partial charge in [-0.25, -0.2) is 4.98 Å². The van der Waals surface area contributed by atoms with E-state index in [4.69, 9.17) is 20.2 Å². The monoisotopic (exact) mass is 348 g/mol. The molecule has 2 aromatic rings. The van der Waals surface area contributed by atoms with Crippen LogP contribution in [0.5, 0.6) is 11.5 Å². The lowest BCUT2D eigenvalue weighted by atomic mass is 10.1. The topological polar surface area (TPSA) is 73.5 Å². The number of hydrogen-bond acceptors (Lipinski definition) is 7. The average Bonchev–Trinajstić information content (AvgIpc) is 2.62. The number of benzene rings is 1. The normalized spacial score (nSPS) is 16.5. The van der Waals surface area contributed by atoms with Crippen LogP contribution in [0.2, 0.25) is 0 Å². The van der Waals surface area contributed by atoms with Crippen LogP contribution >= 0.6 is 11.8 Å². The molecule has 0 atom stereocenters. The first-order valence-electron chi connectivity index (χ1n) is 8.19. The van der Waals surface area contributed by atoms with Gasteiger partial charge in [0.2, 0.25) is 0 Å². The molecule has 0 aliphatic carbocycles. The van der Waals surface area contributed by atoms with E-state index in [2.05, 4.69) is 9.88 Å². The van der Waals surface area contributed by atoms with Crippen LogP contribution in [0, 0.1) is 0 Å². The molecule has 0 spiro atoms. The third-order valence-electron chi connectivity index (χ3n) is 4.32. The van der Waals surface area contributed by atoms with Gasteiger partial charge in [0.05, 0.1) is 25.9 Å². The van der Waals surface area contributed by atoms with E-state index < -0.39 is 0 Å². The van der Waals surface area contributed by atoms with Crippen LogP contribution in [0.25, 0.3) is 11.0 Å². The molecule has 2 N–H and O–H groups in total. The van der Waals surface area contributed by atoms with Crippen molar-refractivity contribution in [1.29, 1.82) is 0 Å². The predicted molar refractivity (Wildman–Crippen MR) is 97.0 cm³/mol. The Morgan fingerprint density at radius 2 is 2.04 bits per heavy atom. The zero-order chi connectivity index (χ0) is 16.9. The first-order valence-corrected chi connectivity index (χ1v) is 9.18. The summed E-state index contributed by atoms with van der Waals surface area (Å²) in [5, 5.41) is 0.905. The second-order valence-corrected chi connectivity index (χ2v) is 7.02. The van der Waals surface area contributed by atoms with Crippen molar-refractivity contribution in [2.24, 2.45) is 5.73 Å². The fourth-order valence-corrected chi connectivity index (χ4v) is 3.74. The highest BCUT2D eigenvalue weighted by atomic mass is 32.2. The number of likely N-dealkylation sites (tertiary alicyclic amines) is 1. The van der Waals surface area contributed by atoms with Crippen LogP contribution in [-0.2, 0) is 0 Å². The maximum Gasteiger partial charge on any atom is 0.188 e. The van der Waals surface area contributed by atoms with Crippen LogP contribution in [0.1, 0.15) is 12.8 Å². The summed E-state index contributed by atoms with van der Waals surface area (Å²) < 4.78 is 10.8. The van der Waals surface area contributed by atoms with Gasteiger partial charge in [0, 0.05) is 18.3 Å². The van der Waals surface area contributed by atoms with E-state index in [9.17, 15) is 0 Å². The quantitative estimate of drug-likeness (QED) is 0.802. The molecule has 0 unspecified atom stereocenters. The van der Waals surface area contributed by atoms with Crippen molar-refractivity contribution in [2.75, 3.05) is 39.6 Å². The van der Waals surface area contributed by atoms with Crippen LogP contribution in [-0.4, -0.2) is 60.5 Å². The number of thioether (sulfide) groups is 1. The molecule has 0 saturated carbocycles. The molecule has 1 fully saturated rings.